The quantitative estimate of drug-likeness (QED) is 0.843. The van der Waals surface area contributed by atoms with E-state index >= 15 is 0 Å². The van der Waals surface area contributed by atoms with Gasteiger partial charge < -0.3 is 24.7 Å². The highest BCUT2D eigenvalue weighted by Crippen LogP contribution is 2.23. The molecule has 0 aliphatic carbocycles. The first-order valence-electron chi connectivity index (χ1n) is 9.82. The van der Waals surface area contributed by atoms with E-state index in [4.69, 9.17) is 9.15 Å². The lowest BCUT2D eigenvalue weighted by molar-refractivity contribution is 0.0633. The van der Waals surface area contributed by atoms with Crippen LogP contribution in [0.1, 0.15) is 25.7 Å². The summed E-state index contributed by atoms with van der Waals surface area (Å²) >= 11 is 0. The molecule has 3 heterocycles. The molecule has 2 fully saturated rings. The molecule has 0 bridgehead atoms. The first kappa shape index (κ1) is 18.1. The average molecular weight is 369 g/mol. The number of nitrogens with one attached hydrogen (secondary N) is 2. The Kier molecular flexibility index (Phi) is 5.75. The number of urea groups is 1. The lowest BCUT2D eigenvalue weighted by Gasteiger charge is -2.33. The molecule has 1 atom stereocenters. The Morgan fingerprint density at radius 3 is 2.78 bits per heavy atom. The summed E-state index contributed by atoms with van der Waals surface area (Å²) in [6.45, 7) is 3.96. The zero-order valence-electron chi connectivity index (χ0n) is 15.5. The molecular formula is C21H27N3O3. The SMILES string of the molecule is O=C(Nc1cccc(-c2ccco2)c1)NC1CCN(CC2CCCO2)CC1. The van der Waals surface area contributed by atoms with Crippen LogP contribution in [0.25, 0.3) is 11.3 Å². The van der Waals surface area contributed by atoms with Crippen LogP contribution >= 0.6 is 0 Å². The molecule has 6 nitrogen and oxygen atoms in total. The second-order valence-corrected chi connectivity index (χ2v) is 7.37. The lowest BCUT2D eigenvalue weighted by Crippen LogP contribution is -2.47. The van der Waals surface area contributed by atoms with Gasteiger partial charge in [-0.25, -0.2) is 4.79 Å². The smallest absolute Gasteiger partial charge is 0.319 e. The van der Waals surface area contributed by atoms with Gasteiger partial charge >= 0.3 is 6.03 Å². The number of hydrogen-bond donors (Lipinski definition) is 2. The van der Waals surface area contributed by atoms with Crippen LogP contribution in [0.4, 0.5) is 10.5 Å². The van der Waals surface area contributed by atoms with E-state index in [-0.39, 0.29) is 12.1 Å². The van der Waals surface area contributed by atoms with Crippen LogP contribution in [0, 0.1) is 0 Å². The van der Waals surface area contributed by atoms with Crippen molar-refractivity contribution >= 4 is 11.7 Å². The number of hydrogen-bond acceptors (Lipinski definition) is 4. The van der Waals surface area contributed by atoms with Crippen LogP contribution in [-0.4, -0.2) is 49.3 Å². The Balaban J connectivity index is 1.23. The van der Waals surface area contributed by atoms with E-state index in [1.807, 2.05) is 36.4 Å². The molecule has 2 aliphatic heterocycles. The molecule has 2 aromatic rings. The van der Waals surface area contributed by atoms with E-state index in [0.29, 0.717) is 6.10 Å². The molecule has 0 saturated carbocycles. The standard InChI is InChI=1S/C21H27N3O3/c25-21(23-18-5-1-4-16(14-18)20-7-3-13-27-20)22-17-8-10-24(11-9-17)15-19-6-2-12-26-19/h1,3-5,7,13-14,17,19H,2,6,8-12,15H2,(H2,22,23,25). The van der Waals surface area contributed by atoms with Gasteiger partial charge in [-0.2, -0.15) is 0 Å². The van der Waals surface area contributed by atoms with E-state index in [1.165, 1.54) is 12.8 Å². The van der Waals surface area contributed by atoms with Crippen molar-refractivity contribution in [1.29, 1.82) is 0 Å². The maximum atomic E-state index is 12.4. The normalized spacial score (nSPS) is 21.3. The van der Waals surface area contributed by atoms with Gasteiger partial charge in [-0.3, -0.25) is 0 Å². The number of carbonyl (C=O) groups excluding carboxylic acids is 1. The molecule has 27 heavy (non-hydrogen) atoms. The van der Waals surface area contributed by atoms with Gasteiger partial charge in [0.05, 0.1) is 12.4 Å². The van der Waals surface area contributed by atoms with Crippen molar-refractivity contribution in [3.63, 3.8) is 0 Å². The van der Waals surface area contributed by atoms with Crippen molar-refractivity contribution in [3.05, 3.63) is 42.7 Å². The Morgan fingerprint density at radius 2 is 2.04 bits per heavy atom. The lowest BCUT2D eigenvalue weighted by atomic mass is 10.0. The molecule has 2 aliphatic rings. The molecule has 6 heteroatoms. The number of furan rings is 1. The van der Waals surface area contributed by atoms with Crippen molar-refractivity contribution in [2.75, 3.05) is 31.6 Å². The Labute approximate surface area is 159 Å². The monoisotopic (exact) mass is 369 g/mol. The fourth-order valence-electron chi connectivity index (χ4n) is 3.88. The van der Waals surface area contributed by atoms with Crippen molar-refractivity contribution in [1.82, 2.24) is 10.2 Å². The van der Waals surface area contributed by atoms with Crippen LogP contribution in [0.5, 0.6) is 0 Å². The van der Waals surface area contributed by atoms with Crippen LogP contribution in [0.2, 0.25) is 0 Å². The summed E-state index contributed by atoms with van der Waals surface area (Å²) in [5.41, 5.74) is 1.71. The van der Waals surface area contributed by atoms with Gasteiger partial charge in [-0.15, -0.1) is 0 Å². The largest absolute Gasteiger partial charge is 0.464 e. The number of benzene rings is 1. The first-order chi connectivity index (χ1) is 13.3. The van der Waals surface area contributed by atoms with E-state index in [9.17, 15) is 4.79 Å². The Morgan fingerprint density at radius 1 is 1.15 bits per heavy atom. The minimum Gasteiger partial charge on any atom is -0.464 e. The summed E-state index contributed by atoms with van der Waals surface area (Å²) in [4.78, 5) is 14.8. The molecule has 4 rings (SSSR count). The predicted molar refractivity (Wildman–Crippen MR) is 105 cm³/mol. The number of rotatable bonds is 5. The number of piperidine rings is 1. The van der Waals surface area contributed by atoms with E-state index in [1.54, 1.807) is 6.26 Å². The maximum absolute atomic E-state index is 12.4. The minimum atomic E-state index is -0.149. The third kappa shape index (κ3) is 4.90. The zero-order chi connectivity index (χ0) is 18.5. The molecule has 2 amide bonds. The third-order valence-electron chi connectivity index (χ3n) is 5.33. The third-order valence-corrected chi connectivity index (χ3v) is 5.33. The minimum absolute atomic E-state index is 0.149. The van der Waals surface area contributed by atoms with Crippen LogP contribution in [0.15, 0.2) is 47.1 Å². The summed E-state index contributed by atoms with van der Waals surface area (Å²) in [6, 6.07) is 11.5. The Hall–Kier alpha value is -2.31. The van der Waals surface area contributed by atoms with Crippen molar-refractivity contribution < 1.29 is 13.9 Å². The van der Waals surface area contributed by atoms with Gasteiger partial charge in [0, 0.05) is 43.5 Å². The van der Waals surface area contributed by atoms with Gasteiger partial charge in [-0.1, -0.05) is 12.1 Å². The molecule has 1 aromatic heterocycles. The highest BCUT2D eigenvalue weighted by molar-refractivity contribution is 5.90. The molecule has 0 spiro atoms. The molecule has 1 unspecified atom stereocenters. The number of amides is 2. The summed E-state index contributed by atoms with van der Waals surface area (Å²) in [7, 11) is 0. The molecule has 1 aromatic carbocycles. The number of anilines is 1. The number of ether oxygens (including phenoxy) is 1. The number of nitrogens with zero attached hydrogens (tertiary/aromatic N) is 1. The number of carbonyl (C=O) groups is 1. The number of likely N-dealkylation sites (tertiary alicyclic amines) is 1. The van der Waals surface area contributed by atoms with Gasteiger partial charge in [0.1, 0.15) is 5.76 Å². The summed E-state index contributed by atoms with van der Waals surface area (Å²) in [5, 5.41) is 6.04. The predicted octanol–water partition coefficient (Wildman–Crippen LogP) is 3.71. The fourth-order valence-corrected chi connectivity index (χ4v) is 3.88. The molecule has 0 radical (unpaired) electrons. The highest BCUT2D eigenvalue weighted by Gasteiger charge is 2.24. The Bertz CT molecular complexity index is 733. The fraction of sp³-hybridized carbons (Fsp3) is 0.476. The summed E-state index contributed by atoms with van der Waals surface area (Å²) in [5.74, 6) is 0.790. The van der Waals surface area contributed by atoms with Gasteiger partial charge in [0.25, 0.3) is 0 Å². The van der Waals surface area contributed by atoms with Gasteiger partial charge in [-0.05, 0) is 49.9 Å². The first-order valence-corrected chi connectivity index (χ1v) is 9.82. The second kappa shape index (κ2) is 8.59. The van der Waals surface area contributed by atoms with E-state index < -0.39 is 0 Å². The summed E-state index contributed by atoms with van der Waals surface area (Å²) in [6.07, 6.45) is 6.37. The molecule has 2 N–H and O–H groups in total. The summed E-state index contributed by atoms with van der Waals surface area (Å²) < 4.78 is 11.1. The second-order valence-electron chi connectivity index (χ2n) is 7.37. The van der Waals surface area contributed by atoms with E-state index in [0.717, 1.165) is 56.1 Å². The molecule has 144 valence electrons. The van der Waals surface area contributed by atoms with Crippen LogP contribution < -0.4 is 10.6 Å². The van der Waals surface area contributed by atoms with Gasteiger partial charge in [0.15, 0.2) is 0 Å². The van der Waals surface area contributed by atoms with E-state index in [2.05, 4.69) is 15.5 Å². The highest BCUT2D eigenvalue weighted by atomic mass is 16.5. The topological polar surface area (TPSA) is 66.7 Å². The van der Waals surface area contributed by atoms with Crippen LogP contribution in [-0.2, 0) is 4.74 Å². The van der Waals surface area contributed by atoms with Crippen molar-refractivity contribution in [2.45, 2.75) is 37.8 Å². The van der Waals surface area contributed by atoms with Crippen molar-refractivity contribution in [2.24, 2.45) is 0 Å². The molecular weight excluding hydrogens is 342 g/mol. The molecule has 2 saturated heterocycles. The van der Waals surface area contributed by atoms with Crippen LogP contribution in [0.3, 0.4) is 0 Å². The zero-order valence-corrected chi connectivity index (χ0v) is 15.5. The average Bonchev–Trinajstić information content (AvgIpc) is 3.37. The maximum Gasteiger partial charge on any atom is 0.319 e. The van der Waals surface area contributed by atoms with Crippen molar-refractivity contribution in [3.8, 4) is 11.3 Å². The van der Waals surface area contributed by atoms with Gasteiger partial charge in [0.2, 0.25) is 0 Å².